The predicted octanol–water partition coefficient (Wildman–Crippen LogP) is 3.61. The summed E-state index contributed by atoms with van der Waals surface area (Å²) in [6, 6.07) is 1.96. The molecule has 0 fully saturated rings. The minimum Gasteiger partial charge on any atom is -0.462 e. The number of ether oxygens (including phenoxy) is 1. The van der Waals surface area contributed by atoms with E-state index in [1.54, 1.807) is 0 Å². The standard InChI is InChI=1S/C11H11Cl2F2NO2.ClH/c1-2-18-10(17)11(14,15)9(16)6-3-7(12)5-8(13)4-6;/h3-5,9H,2,16H2,1H3;1H/t9-;/m0./s1. The molecule has 0 heterocycles. The van der Waals surface area contributed by atoms with E-state index < -0.39 is 17.9 Å². The lowest BCUT2D eigenvalue weighted by Crippen LogP contribution is -2.41. The van der Waals surface area contributed by atoms with Crippen molar-refractivity contribution >= 4 is 41.6 Å². The van der Waals surface area contributed by atoms with Crippen molar-refractivity contribution in [1.29, 1.82) is 0 Å². The molecule has 3 nitrogen and oxygen atoms in total. The third-order valence-corrected chi connectivity index (χ3v) is 2.62. The summed E-state index contributed by atoms with van der Waals surface area (Å²) in [5, 5.41) is 0.320. The highest BCUT2D eigenvalue weighted by molar-refractivity contribution is 6.34. The molecule has 19 heavy (non-hydrogen) atoms. The van der Waals surface area contributed by atoms with Crippen molar-refractivity contribution in [2.75, 3.05) is 6.61 Å². The summed E-state index contributed by atoms with van der Waals surface area (Å²) < 4.78 is 31.6. The molecule has 0 aliphatic carbocycles. The van der Waals surface area contributed by atoms with Gasteiger partial charge in [-0.2, -0.15) is 8.78 Å². The van der Waals surface area contributed by atoms with E-state index in [1.165, 1.54) is 25.1 Å². The van der Waals surface area contributed by atoms with Crippen LogP contribution < -0.4 is 5.73 Å². The van der Waals surface area contributed by atoms with Gasteiger partial charge in [0.2, 0.25) is 0 Å². The van der Waals surface area contributed by atoms with Crippen molar-refractivity contribution < 1.29 is 18.3 Å². The summed E-state index contributed by atoms with van der Waals surface area (Å²) in [4.78, 5) is 11.1. The zero-order valence-corrected chi connectivity index (χ0v) is 12.2. The normalized spacial score (nSPS) is 12.5. The molecule has 0 aliphatic heterocycles. The third kappa shape index (κ3) is 4.45. The number of esters is 1. The van der Waals surface area contributed by atoms with E-state index in [0.29, 0.717) is 0 Å². The number of hydrogen-bond donors (Lipinski definition) is 1. The first-order chi connectivity index (χ1) is 8.28. The average Bonchev–Trinajstić information content (AvgIpc) is 2.26. The smallest absolute Gasteiger partial charge is 0.379 e. The Labute approximate surface area is 125 Å². The number of hydrogen-bond acceptors (Lipinski definition) is 3. The molecular formula is C11H12Cl3F2NO2. The third-order valence-electron chi connectivity index (χ3n) is 2.18. The van der Waals surface area contributed by atoms with Gasteiger partial charge in [0.1, 0.15) is 6.04 Å². The molecule has 108 valence electrons. The van der Waals surface area contributed by atoms with E-state index in [2.05, 4.69) is 4.74 Å². The van der Waals surface area contributed by atoms with Crippen LogP contribution in [-0.2, 0) is 9.53 Å². The first-order valence-corrected chi connectivity index (χ1v) is 5.81. The zero-order valence-electron chi connectivity index (χ0n) is 9.83. The topological polar surface area (TPSA) is 52.3 Å². The lowest BCUT2D eigenvalue weighted by molar-refractivity contribution is -0.174. The second-order valence-electron chi connectivity index (χ2n) is 3.52. The Hall–Kier alpha value is -0.620. The van der Waals surface area contributed by atoms with Gasteiger partial charge in [-0.1, -0.05) is 23.2 Å². The highest BCUT2D eigenvalue weighted by Gasteiger charge is 2.47. The van der Waals surface area contributed by atoms with Gasteiger partial charge in [0.05, 0.1) is 6.61 Å². The number of carbonyl (C=O) groups excluding carboxylic acids is 1. The Kier molecular flexibility index (Phi) is 7.00. The van der Waals surface area contributed by atoms with Crippen LogP contribution in [0.25, 0.3) is 0 Å². The molecule has 1 aromatic carbocycles. The van der Waals surface area contributed by atoms with Crippen molar-refractivity contribution in [1.82, 2.24) is 0 Å². The van der Waals surface area contributed by atoms with Gasteiger partial charge in [-0.25, -0.2) is 4.79 Å². The maximum absolute atomic E-state index is 13.7. The maximum atomic E-state index is 13.7. The fraction of sp³-hybridized carbons (Fsp3) is 0.364. The van der Waals surface area contributed by atoms with Crippen LogP contribution in [0.5, 0.6) is 0 Å². The van der Waals surface area contributed by atoms with Crippen LogP contribution in [0.3, 0.4) is 0 Å². The first-order valence-electron chi connectivity index (χ1n) is 5.05. The number of benzene rings is 1. The number of carbonyl (C=O) groups is 1. The monoisotopic (exact) mass is 333 g/mol. The molecule has 1 rings (SSSR count). The maximum Gasteiger partial charge on any atom is 0.379 e. The number of alkyl halides is 2. The Morgan fingerprint density at radius 3 is 2.26 bits per heavy atom. The van der Waals surface area contributed by atoms with Crippen molar-refractivity contribution in [2.45, 2.75) is 18.9 Å². The Morgan fingerprint density at radius 2 is 1.84 bits per heavy atom. The Morgan fingerprint density at radius 1 is 1.37 bits per heavy atom. The highest BCUT2D eigenvalue weighted by Crippen LogP contribution is 2.33. The van der Waals surface area contributed by atoms with Crippen LogP contribution >= 0.6 is 35.6 Å². The molecule has 0 aromatic heterocycles. The second-order valence-corrected chi connectivity index (χ2v) is 4.40. The highest BCUT2D eigenvalue weighted by atomic mass is 35.5. The van der Waals surface area contributed by atoms with Crippen LogP contribution in [0.2, 0.25) is 10.0 Å². The van der Waals surface area contributed by atoms with Gasteiger partial charge in [0.25, 0.3) is 0 Å². The van der Waals surface area contributed by atoms with Crippen LogP contribution in [0.15, 0.2) is 18.2 Å². The molecule has 0 unspecified atom stereocenters. The Balaban J connectivity index is 0.00000324. The number of rotatable bonds is 4. The van der Waals surface area contributed by atoms with Gasteiger partial charge in [0.15, 0.2) is 0 Å². The van der Waals surface area contributed by atoms with Gasteiger partial charge in [-0.3, -0.25) is 0 Å². The van der Waals surface area contributed by atoms with E-state index in [1.807, 2.05) is 0 Å². The molecule has 0 aliphatic rings. The summed E-state index contributed by atoms with van der Waals surface area (Å²) in [5.74, 6) is -5.52. The molecule has 0 radical (unpaired) electrons. The lowest BCUT2D eigenvalue weighted by Gasteiger charge is -2.22. The van der Waals surface area contributed by atoms with Gasteiger partial charge < -0.3 is 10.5 Å². The van der Waals surface area contributed by atoms with E-state index >= 15 is 0 Å². The molecule has 1 aromatic rings. The Bertz CT molecular complexity index is 437. The van der Waals surface area contributed by atoms with Crippen LogP contribution in [-0.4, -0.2) is 18.5 Å². The molecule has 0 saturated heterocycles. The van der Waals surface area contributed by atoms with E-state index in [4.69, 9.17) is 28.9 Å². The summed E-state index contributed by atoms with van der Waals surface area (Å²) in [7, 11) is 0. The number of nitrogens with two attached hydrogens (primary N) is 1. The minimum atomic E-state index is -3.84. The van der Waals surface area contributed by atoms with Crippen LogP contribution in [0.4, 0.5) is 8.78 Å². The van der Waals surface area contributed by atoms with Crippen molar-refractivity contribution in [3.8, 4) is 0 Å². The lowest BCUT2D eigenvalue weighted by atomic mass is 10.0. The van der Waals surface area contributed by atoms with Crippen molar-refractivity contribution in [3.05, 3.63) is 33.8 Å². The van der Waals surface area contributed by atoms with Gasteiger partial charge in [-0.15, -0.1) is 12.4 Å². The summed E-state index contributed by atoms with van der Waals surface area (Å²) >= 11 is 11.4. The van der Waals surface area contributed by atoms with Crippen molar-refractivity contribution in [3.63, 3.8) is 0 Å². The molecule has 2 N–H and O–H groups in total. The number of halogens is 5. The van der Waals surface area contributed by atoms with Gasteiger partial charge in [0, 0.05) is 10.0 Å². The predicted molar refractivity (Wildman–Crippen MR) is 72.2 cm³/mol. The quantitative estimate of drug-likeness (QED) is 0.856. The van der Waals surface area contributed by atoms with E-state index in [9.17, 15) is 13.6 Å². The second kappa shape index (κ2) is 7.24. The SMILES string of the molecule is CCOC(=O)C(F)(F)[C@@H](N)c1cc(Cl)cc(Cl)c1.Cl. The van der Waals surface area contributed by atoms with Gasteiger partial charge in [-0.05, 0) is 30.7 Å². The van der Waals surface area contributed by atoms with Crippen LogP contribution in [0, 0.1) is 0 Å². The average molecular weight is 335 g/mol. The van der Waals surface area contributed by atoms with E-state index in [0.717, 1.165) is 0 Å². The molecule has 0 amide bonds. The fourth-order valence-electron chi connectivity index (χ4n) is 1.32. The molecular weight excluding hydrogens is 322 g/mol. The molecule has 0 bridgehead atoms. The largest absolute Gasteiger partial charge is 0.462 e. The van der Waals surface area contributed by atoms with E-state index in [-0.39, 0.29) is 34.6 Å². The zero-order chi connectivity index (χ0) is 13.9. The molecule has 1 atom stereocenters. The first kappa shape index (κ1) is 18.4. The van der Waals surface area contributed by atoms with Gasteiger partial charge >= 0.3 is 11.9 Å². The van der Waals surface area contributed by atoms with Crippen LogP contribution in [0.1, 0.15) is 18.5 Å². The molecule has 8 heteroatoms. The molecule has 0 saturated carbocycles. The van der Waals surface area contributed by atoms with Crippen molar-refractivity contribution in [2.24, 2.45) is 5.73 Å². The minimum absolute atomic E-state index is 0. The summed E-state index contributed by atoms with van der Waals surface area (Å²) in [6.45, 7) is 1.27. The summed E-state index contributed by atoms with van der Waals surface area (Å²) in [6.07, 6.45) is 0. The summed E-state index contributed by atoms with van der Waals surface area (Å²) in [5.41, 5.74) is 5.34. The molecule has 0 spiro atoms. The fourth-order valence-corrected chi connectivity index (χ4v) is 1.86.